The van der Waals surface area contributed by atoms with Crippen LogP contribution < -0.4 is 5.82 Å². The van der Waals surface area contributed by atoms with E-state index in [4.69, 9.17) is 10.2 Å². The summed E-state index contributed by atoms with van der Waals surface area (Å²) in [4.78, 5) is 21.5. The smallest absolute Gasteiger partial charge is 0.512 e. The lowest BCUT2D eigenvalue weighted by Crippen LogP contribution is -2.11. The van der Waals surface area contributed by atoms with Gasteiger partial charge in [-0.15, -0.1) is 0 Å². The van der Waals surface area contributed by atoms with Gasteiger partial charge in [-0.2, -0.15) is 0 Å². The van der Waals surface area contributed by atoms with Crippen molar-refractivity contribution in [2.75, 3.05) is 13.2 Å². The minimum absolute atomic E-state index is 0.0117. The lowest BCUT2D eigenvalue weighted by Gasteiger charge is -2.04. The first-order valence-electron chi connectivity index (χ1n) is 5.01. The number of carbonyl (C=O) groups is 1. The van der Waals surface area contributed by atoms with Gasteiger partial charge >= 0.3 is 12.0 Å². The quantitative estimate of drug-likeness (QED) is 0.579. The van der Waals surface area contributed by atoms with Gasteiger partial charge in [0.15, 0.2) is 0 Å². The van der Waals surface area contributed by atoms with E-state index in [1.807, 2.05) is 0 Å². The van der Waals surface area contributed by atoms with Crippen molar-refractivity contribution in [3.8, 4) is 0 Å². The van der Waals surface area contributed by atoms with Gasteiger partial charge in [0, 0.05) is 12.8 Å². The summed E-state index contributed by atoms with van der Waals surface area (Å²) in [6, 6.07) is 0. The van der Waals surface area contributed by atoms with Crippen molar-refractivity contribution < 1.29 is 33.3 Å². The average Bonchev–Trinajstić information content (AvgIpc) is 2.75. The van der Waals surface area contributed by atoms with Crippen LogP contribution in [0, 0.1) is 0 Å². The topological polar surface area (TPSA) is 119 Å². The molecule has 0 aromatic carbocycles. The van der Waals surface area contributed by atoms with Crippen LogP contribution in [0.3, 0.4) is 0 Å². The molecule has 18 heavy (non-hydrogen) atoms. The molecule has 0 saturated heterocycles. The van der Waals surface area contributed by atoms with Crippen LogP contribution in [0.1, 0.15) is 12.2 Å². The van der Waals surface area contributed by atoms with Crippen molar-refractivity contribution in [2.45, 2.75) is 12.8 Å². The Bertz CT molecular complexity index is 454. The first-order valence-corrected chi connectivity index (χ1v) is 5.01. The zero-order valence-electron chi connectivity index (χ0n) is 9.33. The maximum atomic E-state index is 11.0. The van der Waals surface area contributed by atoms with Crippen LogP contribution in [0.25, 0.3) is 0 Å². The summed E-state index contributed by atoms with van der Waals surface area (Å²) in [5.74, 6) is -0.865. The number of aliphatic hydroxyl groups excluding tert-OH is 2. The van der Waals surface area contributed by atoms with Gasteiger partial charge in [-0.05, 0) is 0 Å². The SMILES string of the molecule is O=C(OCC/C(O)=C/O)OCCc1coc(=O)o1. The Hall–Kier alpha value is -2.38. The summed E-state index contributed by atoms with van der Waals surface area (Å²) in [7, 11) is 0. The van der Waals surface area contributed by atoms with E-state index < -0.39 is 12.0 Å². The largest absolute Gasteiger partial charge is 0.518 e. The monoisotopic (exact) mass is 260 g/mol. The van der Waals surface area contributed by atoms with Crippen molar-refractivity contribution >= 4 is 6.16 Å². The van der Waals surface area contributed by atoms with Crippen LogP contribution in [-0.4, -0.2) is 29.6 Å². The molecule has 0 atom stereocenters. The van der Waals surface area contributed by atoms with Crippen LogP contribution in [0.2, 0.25) is 0 Å². The Morgan fingerprint density at radius 1 is 1.39 bits per heavy atom. The highest BCUT2D eigenvalue weighted by molar-refractivity contribution is 5.59. The predicted molar refractivity (Wildman–Crippen MR) is 56.2 cm³/mol. The van der Waals surface area contributed by atoms with Crippen molar-refractivity contribution in [2.24, 2.45) is 0 Å². The highest BCUT2D eigenvalue weighted by Crippen LogP contribution is 1.99. The second-order valence-electron chi connectivity index (χ2n) is 3.12. The molecule has 8 nitrogen and oxygen atoms in total. The number of ether oxygens (including phenoxy) is 2. The van der Waals surface area contributed by atoms with Gasteiger partial charge < -0.3 is 28.5 Å². The molecule has 0 unspecified atom stereocenters. The molecule has 0 aliphatic heterocycles. The summed E-state index contributed by atoms with van der Waals surface area (Å²) in [5.41, 5.74) is 0. The summed E-state index contributed by atoms with van der Waals surface area (Å²) < 4.78 is 18.2. The third-order valence-electron chi connectivity index (χ3n) is 1.80. The van der Waals surface area contributed by atoms with E-state index >= 15 is 0 Å². The fourth-order valence-corrected chi connectivity index (χ4v) is 0.959. The van der Waals surface area contributed by atoms with Gasteiger partial charge in [-0.1, -0.05) is 0 Å². The zero-order chi connectivity index (χ0) is 13.4. The van der Waals surface area contributed by atoms with Crippen molar-refractivity contribution in [3.63, 3.8) is 0 Å². The van der Waals surface area contributed by atoms with Crippen LogP contribution in [0.15, 0.2) is 31.9 Å². The Balaban J connectivity index is 2.12. The maximum absolute atomic E-state index is 11.0. The molecule has 0 aliphatic rings. The molecule has 1 rings (SSSR count). The second kappa shape index (κ2) is 7.05. The highest BCUT2D eigenvalue weighted by atomic mass is 16.7. The molecule has 100 valence electrons. The summed E-state index contributed by atoms with van der Waals surface area (Å²) in [6.45, 7) is -0.161. The Morgan fingerprint density at radius 3 is 2.72 bits per heavy atom. The van der Waals surface area contributed by atoms with Gasteiger partial charge in [-0.25, -0.2) is 9.59 Å². The number of hydrogen-bond donors (Lipinski definition) is 2. The number of hydrogen-bond acceptors (Lipinski definition) is 8. The zero-order valence-corrected chi connectivity index (χ0v) is 9.33. The molecule has 0 amide bonds. The Labute approximate surface area is 101 Å². The summed E-state index contributed by atoms with van der Waals surface area (Å²) >= 11 is 0. The molecule has 0 spiro atoms. The minimum Gasteiger partial charge on any atom is -0.512 e. The lowest BCUT2D eigenvalue weighted by atomic mass is 10.4. The maximum Gasteiger partial charge on any atom is 0.518 e. The molecule has 0 aliphatic carbocycles. The highest BCUT2D eigenvalue weighted by Gasteiger charge is 2.06. The standard InChI is InChI=1S/C10H12O8/c11-5-7(12)1-3-15-9(13)16-4-2-8-6-17-10(14)18-8/h5-6,11-12H,1-4H2/b7-5-. The average molecular weight is 260 g/mol. The van der Waals surface area contributed by atoms with Crippen molar-refractivity contribution in [1.29, 1.82) is 0 Å². The van der Waals surface area contributed by atoms with E-state index in [0.29, 0.717) is 6.26 Å². The predicted octanol–water partition coefficient (Wildman–Crippen LogP) is 1.28. The molecule has 0 bridgehead atoms. The Kier molecular flexibility index (Phi) is 5.36. The summed E-state index contributed by atoms with van der Waals surface area (Å²) in [5, 5.41) is 17.2. The van der Waals surface area contributed by atoms with Crippen LogP contribution in [0.5, 0.6) is 0 Å². The van der Waals surface area contributed by atoms with E-state index in [2.05, 4.69) is 18.3 Å². The molecule has 8 heteroatoms. The molecular weight excluding hydrogens is 248 g/mol. The fraction of sp³-hybridized carbons (Fsp3) is 0.400. The number of carbonyl (C=O) groups excluding carboxylic acids is 1. The third-order valence-corrected chi connectivity index (χ3v) is 1.80. The molecule has 0 fully saturated rings. The lowest BCUT2D eigenvalue weighted by molar-refractivity contribution is 0.0541. The van der Waals surface area contributed by atoms with E-state index in [9.17, 15) is 9.59 Å². The van der Waals surface area contributed by atoms with Gasteiger partial charge in [0.2, 0.25) is 0 Å². The van der Waals surface area contributed by atoms with Crippen LogP contribution in [0.4, 0.5) is 4.79 Å². The van der Waals surface area contributed by atoms with Crippen molar-refractivity contribution in [1.82, 2.24) is 0 Å². The summed E-state index contributed by atoms with van der Waals surface area (Å²) in [6.07, 6.45) is 0.883. The molecular formula is C10H12O8. The van der Waals surface area contributed by atoms with Gasteiger partial charge in [0.25, 0.3) is 0 Å². The van der Waals surface area contributed by atoms with Crippen molar-refractivity contribution in [3.05, 3.63) is 34.7 Å². The van der Waals surface area contributed by atoms with E-state index in [1.165, 1.54) is 0 Å². The molecule has 1 heterocycles. The number of aliphatic hydroxyl groups is 2. The van der Waals surface area contributed by atoms with Gasteiger partial charge in [-0.3, -0.25) is 0 Å². The number of rotatable bonds is 6. The fourth-order valence-electron chi connectivity index (χ4n) is 0.959. The second-order valence-corrected chi connectivity index (χ2v) is 3.12. The molecule has 1 aromatic heterocycles. The molecule has 0 saturated carbocycles. The third kappa shape index (κ3) is 5.10. The first kappa shape index (κ1) is 13.7. The van der Waals surface area contributed by atoms with Gasteiger partial charge in [0.1, 0.15) is 37.3 Å². The van der Waals surface area contributed by atoms with E-state index in [-0.39, 0.29) is 37.6 Å². The van der Waals surface area contributed by atoms with E-state index in [0.717, 1.165) is 6.26 Å². The molecule has 0 radical (unpaired) electrons. The van der Waals surface area contributed by atoms with Gasteiger partial charge in [0.05, 0.1) is 0 Å². The molecule has 2 N–H and O–H groups in total. The van der Waals surface area contributed by atoms with E-state index in [1.54, 1.807) is 0 Å². The van der Waals surface area contributed by atoms with Crippen LogP contribution >= 0.6 is 0 Å². The Morgan fingerprint density at radius 2 is 2.11 bits per heavy atom. The van der Waals surface area contributed by atoms with Crippen LogP contribution in [-0.2, 0) is 15.9 Å². The molecule has 1 aromatic rings. The minimum atomic E-state index is -0.924. The first-order chi connectivity index (χ1) is 8.61. The normalized spacial score (nSPS) is 11.2.